The zero-order valence-corrected chi connectivity index (χ0v) is 18.2. The molecule has 2 heterocycles. The van der Waals surface area contributed by atoms with E-state index in [1.807, 2.05) is 36.5 Å². The quantitative estimate of drug-likeness (QED) is 0.412. The number of hydrogen-bond acceptors (Lipinski definition) is 5. The minimum Gasteiger partial charge on any atom is -0.406 e. The molecule has 0 unspecified atom stereocenters. The summed E-state index contributed by atoms with van der Waals surface area (Å²) in [7, 11) is 1.96. The molecule has 0 aliphatic carbocycles. The van der Waals surface area contributed by atoms with Gasteiger partial charge < -0.3 is 9.32 Å². The Morgan fingerprint density at radius 2 is 1.72 bits per heavy atom. The van der Waals surface area contributed by atoms with Crippen molar-refractivity contribution in [3.05, 3.63) is 81.9 Å². The van der Waals surface area contributed by atoms with Gasteiger partial charge in [-0.15, -0.1) is 5.10 Å². The standard InChI is InChI=1S/C22H22BrN5O/c1-15-21(23)16(2)28(26-15)14-20-24-25-22(29-20)27(3)13-18-11-7-8-12-19(18)17-9-5-4-6-10-17/h4-12H,13-14H2,1-3H3. The summed E-state index contributed by atoms with van der Waals surface area (Å²) in [5, 5.41) is 12.9. The second kappa shape index (κ2) is 8.21. The number of aryl methyl sites for hydroxylation is 1. The molecule has 148 valence electrons. The van der Waals surface area contributed by atoms with Gasteiger partial charge in [-0.25, -0.2) is 0 Å². The van der Waals surface area contributed by atoms with Gasteiger partial charge in [-0.1, -0.05) is 59.7 Å². The molecule has 0 N–H and O–H groups in total. The highest BCUT2D eigenvalue weighted by molar-refractivity contribution is 9.10. The van der Waals surface area contributed by atoms with Crippen molar-refractivity contribution in [3.63, 3.8) is 0 Å². The van der Waals surface area contributed by atoms with E-state index in [4.69, 9.17) is 4.42 Å². The van der Waals surface area contributed by atoms with Crippen molar-refractivity contribution in [2.75, 3.05) is 11.9 Å². The summed E-state index contributed by atoms with van der Waals surface area (Å²) in [5.41, 5.74) is 5.57. The maximum atomic E-state index is 5.90. The highest BCUT2D eigenvalue weighted by atomic mass is 79.9. The Hall–Kier alpha value is -2.93. The van der Waals surface area contributed by atoms with Gasteiger partial charge in [0.05, 0.1) is 15.9 Å². The third-order valence-corrected chi connectivity index (χ3v) is 6.02. The normalized spacial score (nSPS) is 11.0. The SMILES string of the molecule is Cc1nn(Cc2nnc(N(C)Cc3ccccc3-c3ccccc3)o2)c(C)c1Br. The summed E-state index contributed by atoms with van der Waals surface area (Å²) < 4.78 is 8.77. The van der Waals surface area contributed by atoms with E-state index in [9.17, 15) is 0 Å². The highest BCUT2D eigenvalue weighted by Gasteiger charge is 2.16. The molecule has 0 spiro atoms. The van der Waals surface area contributed by atoms with Crippen molar-refractivity contribution in [2.24, 2.45) is 0 Å². The van der Waals surface area contributed by atoms with Crippen molar-refractivity contribution in [3.8, 4) is 11.1 Å². The van der Waals surface area contributed by atoms with E-state index in [0.29, 0.717) is 25.0 Å². The number of benzene rings is 2. The molecule has 0 saturated carbocycles. The number of nitrogens with zero attached hydrogens (tertiary/aromatic N) is 5. The van der Waals surface area contributed by atoms with Crippen LogP contribution in [0.4, 0.5) is 6.01 Å². The largest absolute Gasteiger partial charge is 0.406 e. The average Bonchev–Trinajstić information content (AvgIpc) is 3.30. The molecule has 2 aromatic heterocycles. The van der Waals surface area contributed by atoms with Gasteiger partial charge in [0.15, 0.2) is 0 Å². The maximum Gasteiger partial charge on any atom is 0.318 e. The van der Waals surface area contributed by atoms with E-state index < -0.39 is 0 Å². The van der Waals surface area contributed by atoms with Crippen LogP contribution in [0.2, 0.25) is 0 Å². The first-order valence-electron chi connectivity index (χ1n) is 9.39. The topological polar surface area (TPSA) is 60.0 Å². The molecule has 0 amide bonds. The fourth-order valence-electron chi connectivity index (χ4n) is 3.30. The van der Waals surface area contributed by atoms with Crippen LogP contribution in [0, 0.1) is 13.8 Å². The van der Waals surface area contributed by atoms with E-state index in [-0.39, 0.29) is 0 Å². The monoisotopic (exact) mass is 451 g/mol. The molecular weight excluding hydrogens is 430 g/mol. The van der Waals surface area contributed by atoms with Crippen LogP contribution >= 0.6 is 15.9 Å². The first-order chi connectivity index (χ1) is 14.0. The molecule has 0 radical (unpaired) electrons. The Morgan fingerprint density at radius 3 is 2.45 bits per heavy atom. The Balaban J connectivity index is 1.52. The van der Waals surface area contributed by atoms with Crippen LogP contribution in [-0.2, 0) is 13.1 Å². The Morgan fingerprint density at radius 1 is 1.00 bits per heavy atom. The van der Waals surface area contributed by atoms with Gasteiger partial charge >= 0.3 is 6.01 Å². The average molecular weight is 452 g/mol. The van der Waals surface area contributed by atoms with Crippen LogP contribution in [0.25, 0.3) is 11.1 Å². The van der Waals surface area contributed by atoms with E-state index >= 15 is 0 Å². The van der Waals surface area contributed by atoms with Crippen molar-refractivity contribution in [1.82, 2.24) is 20.0 Å². The van der Waals surface area contributed by atoms with Gasteiger partial charge in [0, 0.05) is 13.6 Å². The molecule has 0 fully saturated rings. The molecular formula is C22H22BrN5O. The number of aromatic nitrogens is 4. The molecule has 0 saturated heterocycles. The van der Waals surface area contributed by atoms with Crippen LogP contribution in [0.1, 0.15) is 22.8 Å². The zero-order chi connectivity index (χ0) is 20.4. The van der Waals surface area contributed by atoms with Crippen molar-refractivity contribution in [1.29, 1.82) is 0 Å². The summed E-state index contributed by atoms with van der Waals surface area (Å²) >= 11 is 3.55. The molecule has 29 heavy (non-hydrogen) atoms. The molecule has 7 heteroatoms. The lowest BCUT2D eigenvalue weighted by Gasteiger charge is -2.17. The second-order valence-electron chi connectivity index (χ2n) is 7.00. The highest BCUT2D eigenvalue weighted by Crippen LogP contribution is 2.26. The van der Waals surface area contributed by atoms with E-state index in [1.165, 1.54) is 16.7 Å². The molecule has 6 nitrogen and oxygen atoms in total. The maximum absolute atomic E-state index is 5.90. The summed E-state index contributed by atoms with van der Waals surface area (Å²) in [5.74, 6) is 0.529. The number of hydrogen-bond donors (Lipinski definition) is 0. The van der Waals surface area contributed by atoms with Crippen molar-refractivity contribution >= 4 is 21.9 Å². The fraction of sp³-hybridized carbons (Fsp3) is 0.227. The minimum absolute atomic E-state index is 0.444. The Labute approximate surface area is 178 Å². The molecule has 4 aromatic rings. The molecule has 0 atom stereocenters. The summed E-state index contributed by atoms with van der Waals surface area (Å²) in [6.07, 6.45) is 0. The number of rotatable bonds is 6. The van der Waals surface area contributed by atoms with Crippen molar-refractivity contribution in [2.45, 2.75) is 26.9 Å². The Kier molecular flexibility index (Phi) is 5.49. The predicted octanol–water partition coefficient (Wildman–Crippen LogP) is 5.00. The van der Waals surface area contributed by atoms with E-state index in [2.05, 4.69) is 79.8 Å². The minimum atomic E-state index is 0.444. The smallest absolute Gasteiger partial charge is 0.318 e. The third kappa shape index (κ3) is 4.10. The lowest BCUT2D eigenvalue weighted by molar-refractivity contribution is 0.458. The molecule has 0 aliphatic rings. The van der Waals surface area contributed by atoms with Gasteiger partial charge in [0.2, 0.25) is 5.89 Å². The van der Waals surface area contributed by atoms with Crippen LogP contribution in [-0.4, -0.2) is 27.0 Å². The van der Waals surface area contributed by atoms with Crippen LogP contribution in [0.15, 0.2) is 63.5 Å². The first-order valence-corrected chi connectivity index (χ1v) is 10.2. The molecule has 0 aliphatic heterocycles. The molecule has 4 rings (SSSR count). The first kappa shape index (κ1) is 19.4. The fourth-order valence-corrected chi connectivity index (χ4v) is 3.58. The van der Waals surface area contributed by atoms with Gasteiger partial charge in [0.1, 0.15) is 6.54 Å². The van der Waals surface area contributed by atoms with Crippen molar-refractivity contribution < 1.29 is 4.42 Å². The van der Waals surface area contributed by atoms with Gasteiger partial charge in [-0.05, 0) is 46.5 Å². The van der Waals surface area contributed by atoms with E-state index in [0.717, 1.165) is 15.9 Å². The lowest BCUT2D eigenvalue weighted by Crippen LogP contribution is -2.17. The number of halogens is 1. The molecule has 2 aromatic carbocycles. The van der Waals surface area contributed by atoms with Gasteiger partial charge in [-0.2, -0.15) is 5.10 Å². The van der Waals surface area contributed by atoms with Gasteiger partial charge in [-0.3, -0.25) is 4.68 Å². The predicted molar refractivity (Wildman–Crippen MR) is 117 cm³/mol. The zero-order valence-electron chi connectivity index (χ0n) is 16.6. The summed E-state index contributed by atoms with van der Waals surface area (Å²) in [6, 6.07) is 19.2. The summed E-state index contributed by atoms with van der Waals surface area (Å²) in [4.78, 5) is 1.97. The third-order valence-electron chi connectivity index (χ3n) is 4.87. The summed E-state index contributed by atoms with van der Waals surface area (Å²) in [6.45, 7) is 5.08. The van der Waals surface area contributed by atoms with Gasteiger partial charge in [0.25, 0.3) is 0 Å². The Bertz CT molecular complexity index is 1120. The molecule has 0 bridgehead atoms. The van der Waals surface area contributed by atoms with Crippen LogP contribution in [0.5, 0.6) is 0 Å². The second-order valence-corrected chi connectivity index (χ2v) is 7.79. The van der Waals surface area contributed by atoms with Crippen LogP contribution < -0.4 is 4.90 Å². The van der Waals surface area contributed by atoms with E-state index in [1.54, 1.807) is 0 Å². The van der Waals surface area contributed by atoms with Crippen LogP contribution in [0.3, 0.4) is 0 Å². The number of anilines is 1. The lowest BCUT2D eigenvalue weighted by atomic mass is 9.99.